The van der Waals surface area contributed by atoms with E-state index >= 15 is 0 Å². The maximum Gasteiger partial charge on any atom is 0.251 e. The van der Waals surface area contributed by atoms with Crippen LogP contribution in [0, 0.1) is 5.82 Å². The van der Waals surface area contributed by atoms with Crippen LogP contribution in [0.4, 0.5) is 4.39 Å². The lowest BCUT2D eigenvalue weighted by Crippen LogP contribution is -2.28. The molecule has 1 heterocycles. The molecule has 5 nitrogen and oxygen atoms in total. The van der Waals surface area contributed by atoms with Crippen molar-refractivity contribution in [2.24, 2.45) is 0 Å². The van der Waals surface area contributed by atoms with Gasteiger partial charge in [-0.15, -0.1) is 0 Å². The Balaban J connectivity index is 1.61. The van der Waals surface area contributed by atoms with Crippen LogP contribution in [0.15, 0.2) is 42.5 Å². The van der Waals surface area contributed by atoms with E-state index in [0.29, 0.717) is 35.8 Å². The van der Waals surface area contributed by atoms with Crippen LogP contribution in [0.1, 0.15) is 22.0 Å². The predicted octanol–water partition coefficient (Wildman–Crippen LogP) is 2.06. The maximum absolute atomic E-state index is 12.8. The van der Waals surface area contributed by atoms with E-state index in [-0.39, 0.29) is 12.5 Å². The van der Waals surface area contributed by atoms with E-state index in [1.54, 1.807) is 18.2 Å². The van der Waals surface area contributed by atoms with Crippen LogP contribution in [-0.4, -0.2) is 30.8 Å². The van der Waals surface area contributed by atoms with Crippen LogP contribution in [0.5, 0.6) is 11.5 Å². The van der Waals surface area contributed by atoms with Gasteiger partial charge in [-0.2, -0.15) is 0 Å². The predicted molar refractivity (Wildman–Crippen MR) is 81.1 cm³/mol. The molecule has 0 saturated carbocycles. The van der Waals surface area contributed by atoms with Crippen molar-refractivity contribution in [2.75, 3.05) is 19.8 Å². The van der Waals surface area contributed by atoms with Gasteiger partial charge in [-0.25, -0.2) is 4.39 Å². The number of halogens is 1. The number of hydrogen-bond donors (Lipinski definition) is 2. The minimum atomic E-state index is -0.879. The lowest BCUT2D eigenvalue weighted by molar-refractivity contribution is 0.0915. The Morgan fingerprint density at radius 1 is 1.13 bits per heavy atom. The van der Waals surface area contributed by atoms with E-state index in [1.807, 2.05) is 0 Å². The summed E-state index contributed by atoms with van der Waals surface area (Å²) >= 11 is 0. The first-order valence-electron chi connectivity index (χ1n) is 7.25. The van der Waals surface area contributed by atoms with E-state index in [0.717, 1.165) is 0 Å². The quantitative estimate of drug-likeness (QED) is 0.906. The molecule has 0 saturated heterocycles. The van der Waals surface area contributed by atoms with Crippen LogP contribution in [-0.2, 0) is 0 Å². The first-order chi connectivity index (χ1) is 11.1. The molecule has 6 heteroatoms. The Kier molecular flexibility index (Phi) is 4.43. The number of carbonyl (C=O) groups is 1. The maximum atomic E-state index is 12.8. The molecule has 2 aromatic rings. The number of ether oxygens (including phenoxy) is 2. The number of fused-ring (bicyclic) bond motifs is 1. The summed E-state index contributed by atoms with van der Waals surface area (Å²) < 4.78 is 23.7. The number of aliphatic hydroxyl groups is 1. The van der Waals surface area contributed by atoms with Crippen molar-refractivity contribution in [3.8, 4) is 11.5 Å². The Labute approximate surface area is 132 Å². The summed E-state index contributed by atoms with van der Waals surface area (Å²) in [7, 11) is 0. The normalized spacial score (nSPS) is 14.2. The fraction of sp³-hybridized carbons (Fsp3) is 0.235. The van der Waals surface area contributed by atoms with Crippen molar-refractivity contribution in [1.82, 2.24) is 5.32 Å². The molecule has 2 N–H and O–H groups in total. The zero-order chi connectivity index (χ0) is 16.2. The second-order valence-corrected chi connectivity index (χ2v) is 5.14. The molecule has 0 aliphatic carbocycles. The average Bonchev–Trinajstić information content (AvgIpc) is 2.59. The lowest BCUT2D eigenvalue weighted by Gasteiger charge is -2.20. The number of benzene rings is 2. The van der Waals surface area contributed by atoms with Crippen molar-refractivity contribution in [1.29, 1.82) is 0 Å². The van der Waals surface area contributed by atoms with Gasteiger partial charge in [0.1, 0.15) is 19.0 Å². The molecule has 0 fully saturated rings. The van der Waals surface area contributed by atoms with Gasteiger partial charge in [-0.05, 0) is 42.0 Å². The van der Waals surface area contributed by atoms with Crippen LogP contribution in [0.25, 0.3) is 0 Å². The van der Waals surface area contributed by atoms with Crippen LogP contribution in [0.3, 0.4) is 0 Å². The smallest absolute Gasteiger partial charge is 0.251 e. The highest BCUT2D eigenvalue weighted by Crippen LogP contribution is 2.32. The SMILES string of the molecule is O=C(NCC(O)c1ccc2c(c1)OCCO2)c1ccc(F)cc1. The Hall–Kier alpha value is -2.60. The second-order valence-electron chi connectivity index (χ2n) is 5.14. The number of carbonyl (C=O) groups excluding carboxylic acids is 1. The highest BCUT2D eigenvalue weighted by molar-refractivity contribution is 5.94. The zero-order valence-corrected chi connectivity index (χ0v) is 12.3. The van der Waals surface area contributed by atoms with Gasteiger partial charge >= 0.3 is 0 Å². The van der Waals surface area contributed by atoms with Crippen molar-refractivity contribution < 1.29 is 23.8 Å². The van der Waals surface area contributed by atoms with Gasteiger partial charge in [0.25, 0.3) is 5.91 Å². The molecule has 1 aliphatic rings. The molecule has 1 aliphatic heterocycles. The monoisotopic (exact) mass is 317 g/mol. The molecule has 0 spiro atoms. The molecule has 0 radical (unpaired) electrons. The summed E-state index contributed by atoms with van der Waals surface area (Å²) in [5.41, 5.74) is 0.953. The summed E-state index contributed by atoms with van der Waals surface area (Å²) in [6.07, 6.45) is -0.879. The summed E-state index contributed by atoms with van der Waals surface area (Å²) in [4.78, 5) is 11.9. The molecule has 0 bridgehead atoms. The molecule has 120 valence electrons. The molecule has 2 aromatic carbocycles. The van der Waals surface area contributed by atoms with Crippen molar-refractivity contribution in [3.05, 3.63) is 59.4 Å². The third-order valence-corrected chi connectivity index (χ3v) is 3.51. The third-order valence-electron chi connectivity index (χ3n) is 3.51. The van der Waals surface area contributed by atoms with E-state index in [2.05, 4.69) is 5.32 Å². The largest absolute Gasteiger partial charge is 0.486 e. The van der Waals surface area contributed by atoms with Gasteiger partial charge in [-0.1, -0.05) is 6.07 Å². The number of amides is 1. The van der Waals surface area contributed by atoms with E-state index < -0.39 is 11.9 Å². The van der Waals surface area contributed by atoms with Crippen LogP contribution >= 0.6 is 0 Å². The molecule has 0 aromatic heterocycles. The van der Waals surface area contributed by atoms with Gasteiger partial charge in [-0.3, -0.25) is 4.79 Å². The highest BCUT2D eigenvalue weighted by atomic mass is 19.1. The second kappa shape index (κ2) is 6.66. The third kappa shape index (κ3) is 3.60. The Bertz CT molecular complexity index is 702. The fourth-order valence-corrected chi connectivity index (χ4v) is 2.28. The lowest BCUT2D eigenvalue weighted by atomic mass is 10.1. The van der Waals surface area contributed by atoms with Crippen LogP contribution in [0.2, 0.25) is 0 Å². The molecule has 23 heavy (non-hydrogen) atoms. The van der Waals surface area contributed by atoms with Gasteiger partial charge in [0, 0.05) is 12.1 Å². The van der Waals surface area contributed by atoms with Gasteiger partial charge in [0.15, 0.2) is 11.5 Å². The minimum absolute atomic E-state index is 0.0376. The van der Waals surface area contributed by atoms with Crippen LogP contribution < -0.4 is 14.8 Å². The highest BCUT2D eigenvalue weighted by Gasteiger charge is 2.16. The first kappa shape index (κ1) is 15.3. The summed E-state index contributed by atoms with van der Waals surface area (Å²) in [5, 5.41) is 12.8. The number of nitrogens with one attached hydrogen (secondary N) is 1. The van der Waals surface area contributed by atoms with Gasteiger partial charge in [0.2, 0.25) is 0 Å². The Morgan fingerprint density at radius 3 is 2.57 bits per heavy atom. The molecule has 1 unspecified atom stereocenters. The number of hydrogen-bond acceptors (Lipinski definition) is 4. The first-order valence-corrected chi connectivity index (χ1v) is 7.25. The van der Waals surface area contributed by atoms with Crippen molar-refractivity contribution in [3.63, 3.8) is 0 Å². The summed E-state index contributed by atoms with van der Waals surface area (Å²) in [5.74, 6) is 0.444. The van der Waals surface area contributed by atoms with E-state index in [1.165, 1.54) is 24.3 Å². The van der Waals surface area contributed by atoms with E-state index in [9.17, 15) is 14.3 Å². The summed E-state index contributed by atoms with van der Waals surface area (Å²) in [6.45, 7) is 1.01. The molecule has 1 amide bonds. The van der Waals surface area contributed by atoms with Gasteiger partial charge in [0.05, 0.1) is 6.10 Å². The van der Waals surface area contributed by atoms with Gasteiger partial charge < -0.3 is 19.9 Å². The zero-order valence-electron chi connectivity index (χ0n) is 12.3. The number of aliphatic hydroxyl groups excluding tert-OH is 1. The van der Waals surface area contributed by atoms with E-state index in [4.69, 9.17) is 9.47 Å². The topological polar surface area (TPSA) is 67.8 Å². The average molecular weight is 317 g/mol. The van der Waals surface area contributed by atoms with Crippen molar-refractivity contribution >= 4 is 5.91 Å². The number of rotatable bonds is 4. The molecular formula is C17H16FNO4. The molecular weight excluding hydrogens is 301 g/mol. The Morgan fingerprint density at radius 2 is 1.83 bits per heavy atom. The molecule has 1 atom stereocenters. The summed E-state index contributed by atoms with van der Waals surface area (Å²) in [6, 6.07) is 10.4. The van der Waals surface area contributed by atoms with Crippen molar-refractivity contribution in [2.45, 2.75) is 6.10 Å². The minimum Gasteiger partial charge on any atom is -0.486 e. The standard InChI is InChI=1S/C17H16FNO4/c18-13-4-1-11(2-5-13)17(21)19-10-14(20)12-3-6-15-16(9-12)23-8-7-22-15/h1-6,9,14,20H,7-8,10H2,(H,19,21). The fourth-order valence-electron chi connectivity index (χ4n) is 2.28. The molecule has 3 rings (SSSR count).